The summed E-state index contributed by atoms with van der Waals surface area (Å²) in [6.07, 6.45) is 8.97. The van der Waals surface area contributed by atoms with Crippen molar-refractivity contribution in [3.63, 3.8) is 0 Å². The van der Waals surface area contributed by atoms with E-state index in [1.54, 1.807) is 0 Å². The SMILES string of the molecule is C1CCC(Nc2nnc(CNC3CC3)o2)CC1. The molecule has 0 amide bonds. The van der Waals surface area contributed by atoms with E-state index in [0.29, 0.717) is 30.5 Å². The molecule has 0 radical (unpaired) electrons. The second-order valence-electron chi connectivity index (χ2n) is 5.14. The van der Waals surface area contributed by atoms with Crippen molar-refractivity contribution in [3.05, 3.63) is 5.89 Å². The van der Waals surface area contributed by atoms with Gasteiger partial charge in [-0.15, -0.1) is 5.10 Å². The quantitative estimate of drug-likeness (QED) is 0.819. The van der Waals surface area contributed by atoms with Crippen LogP contribution >= 0.6 is 0 Å². The summed E-state index contributed by atoms with van der Waals surface area (Å²) in [6.45, 7) is 0.698. The Bertz CT molecular complexity index is 355. The minimum absolute atomic E-state index is 0.522. The third-order valence-corrected chi connectivity index (χ3v) is 3.52. The van der Waals surface area contributed by atoms with E-state index in [1.807, 2.05) is 0 Å². The van der Waals surface area contributed by atoms with Gasteiger partial charge in [-0.3, -0.25) is 0 Å². The maximum atomic E-state index is 5.57. The molecule has 5 nitrogen and oxygen atoms in total. The summed E-state index contributed by atoms with van der Waals surface area (Å²) in [6, 6.07) is 1.79. The van der Waals surface area contributed by atoms with Crippen LogP contribution in [-0.4, -0.2) is 22.3 Å². The molecule has 1 aromatic heterocycles. The number of anilines is 1. The Balaban J connectivity index is 1.48. The van der Waals surface area contributed by atoms with E-state index in [2.05, 4.69) is 20.8 Å². The van der Waals surface area contributed by atoms with Gasteiger partial charge in [0.15, 0.2) is 0 Å². The van der Waals surface area contributed by atoms with Gasteiger partial charge in [-0.05, 0) is 25.7 Å². The van der Waals surface area contributed by atoms with Gasteiger partial charge >= 0.3 is 6.01 Å². The Kier molecular flexibility index (Phi) is 3.27. The second-order valence-corrected chi connectivity index (χ2v) is 5.14. The molecule has 0 spiro atoms. The lowest BCUT2D eigenvalue weighted by molar-refractivity contribution is 0.435. The first-order valence-electron chi connectivity index (χ1n) is 6.72. The van der Waals surface area contributed by atoms with Crippen LogP contribution in [0, 0.1) is 0 Å². The third kappa shape index (κ3) is 3.19. The highest BCUT2D eigenvalue weighted by Crippen LogP contribution is 2.22. The van der Waals surface area contributed by atoms with Crippen LogP contribution in [0.1, 0.15) is 50.8 Å². The molecule has 2 aliphatic carbocycles. The summed E-state index contributed by atoms with van der Waals surface area (Å²) >= 11 is 0. The largest absolute Gasteiger partial charge is 0.407 e. The monoisotopic (exact) mass is 236 g/mol. The van der Waals surface area contributed by atoms with Crippen LogP contribution in [0.3, 0.4) is 0 Å². The van der Waals surface area contributed by atoms with Crippen molar-refractivity contribution in [2.24, 2.45) is 0 Å². The summed E-state index contributed by atoms with van der Waals surface area (Å²) in [5, 5.41) is 14.8. The minimum Gasteiger partial charge on any atom is -0.407 e. The summed E-state index contributed by atoms with van der Waals surface area (Å²) in [5.74, 6) is 0.690. The Morgan fingerprint density at radius 1 is 1.00 bits per heavy atom. The zero-order valence-corrected chi connectivity index (χ0v) is 10.1. The zero-order chi connectivity index (χ0) is 11.5. The lowest BCUT2D eigenvalue weighted by atomic mass is 9.96. The molecule has 2 N–H and O–H groups in total. The first-order chi connectivity index (χ1) is 8.40. The van der Waals surface area contributed by atoms with E-state index in [1.165, 1.54) is 44.9 Å². The molecule has 0 bridgehead atoms. The van der Waals surface area contributed by atoms with Crippen LogP contribution in [0.2, 0.25) is 0 Å². The lowest BCUT2D eigenvalue weighted by Crippen LogP contribution is -2.22. The Morgan fingerprint density at radius 3 is 2.59 bits per heavy atom. The molecule has 2 aliphatic rings. The molecule has 2 saturated carbocycles. The molecule has 0 unspecified atom stereocenters. The topological polar surface area (TPSA) is 63.0 Å². The smallest absolute Gasteiger partial charge is 0.315 e. The second kappa shape index (κ2) is 5.04. The Morgan fingerprint density at radius 2 is 1.82 bits per heavy atom. The highest BCUT2D eigenvalue weighted by Gasteiger charge is 2.21. The van der Waals surface area contributed by atoms with Gasteiger partial charge in [0.2, 0.25) is 5.89 Å². The number of hydrogen-bond donors (Lipinski definition) is 2. The van der Waals surface area contributed by atoms with Crippen LogP contribution in [0.25, 0.3) is 0 Å². The van der Waals surface area contributed by atoms with Crippen molar-refractivity contribution in [2.45, 2.75) is 63.6 Å². The summed E-state index contributed by atoms with van der Waals surface area (Å²) < 4.78 is 5.57. The average molecular weight is 236 g/mol. The molecule has 0 atom stereocenters. The molecule has 17 heavy (non-hydrogen) atoms. The van der Waals surface area contributed by atoms with Gasteiger partial charge in [0, 0.05) is 12.1 Å². The molecule has 1 aromatic rings. The number of hydrogen-bond acceptors (Lipinski definition) is 5. The molecule has 5 heteroatoms. The molecule has 0 aliphatic heterocycles. The van der Waals surface area contributed by atoms with Gasteiger partial charge in [-0.25, -0.2) is 0 Å². The maximum absolute atomic E-state index is 5.57. The van der Waals surface area contributed by atoms with Crippen molar-refractivity contribution in [1.29, 1.82) is 0 Å². The standard InChI is InChI=1S/C12H20N4O/c1-2-4-10(5-3-1)14-12-16-15-11(17-12)8-13-9-6-7-9/h9-10,13H,1-8H2,(H,14,16). The first kappa shape index (κ1) is 11.0. The molecular weight excluding hydrogens is 216 g/mol. The van der Waals surface area contributed by atoms with Gasteiger partial charge in [0.25, 0.3) is 0 Å². The van der Waals surface area contributed by atoms with E-state index in [-0.39, 0.29) is 0 Å². The van der Waals surface area contributed by atoms with Gasteiger partial charge in [0.05, 0.1) is 6.54 Å². The predicted octanol–water partition coefficient (Wildman–Crippen LogP) is 2.07. The fourth-order valence-electron chi connectivity index (χ4n) is 2.32. The fraction of sp³-hybridized carbons (Fsp3) is 0.833. The van der Waals surface area contributed by atoms with Crippen molar-refractivity contribution in [2.75, 3.05) is 5.32 Å². The van der Waals surface area contributed by atoms with Crippen molar-refractivity contribution in [1.82, 2.24) is 15.5 Å². The highest BCUT2D eigenvalue weighted by atomic mass is 16.4. The van der Waals surface area contributed by atoms with Crippen LogP contribution < -0.4 is 10.6 Å². The van der Waals surface area contributed by atoms with E-state index in [0.717, 1.165) is 0 Å². The normalized spacial score (nSPS) is 21.6. The molecule has 2 fully saturated rings. The fourth-order valence-corrected chi connectivity index (χ4v) is 2.32. The predicted molar refractivity (Wildman–Crippen MR) is 64.7 cm³/mol. The zero-order valence-electron chi connectivity index (χ0n) is 10.1. The van der Waals surface area contributed by atoms with E-state index >= 15 is 0 Å². The first-order valence-corrected chi connectivity index (χ1v) is 6.72. The minimum atomic E-state index is 0.522. The van der Waals surface area contributed by atoms with Crippen LogP contribution in [0.4, 0.5) is 6.01 Å². The number of aromatic nitrogens is 2. The molecule has 0 aromatic carbocycles. The number of nitrogens with one attached hydrogen (secondary N) is 2. The van der Waals surface area contributed by atoms with Crippen molar-refractivity contribution < 1.29 is 4.42 Å². The summed E-state index contributed by atoms with van der Waals surface area (Å²) in [4.78, 5) is 0. The number of nitrogens with zero attached hydrogens (tertiary/aromatic N) is 2. The number of rotatable bonds is 5. The third-order valence-electron chi connectivity index (χ3n) is 3.52. The van der Waals surface area contributed by atoms with Crippen molar-refractivity contribution in [3.8, 4) is 0 Å². The average Bonchev–Trinajstić information content (AvgIpc) is 3.09. The van der Waals surface area contributed by atoms with Gasteiger partial charge in [-0.2, -0.15) is 0 Å². The maximum Gasteiger partial charge on any atom is 0.315 e. The summed E-state index contributed by atoms with van der Waals surface area (Å²) in [5.41, 5.74) is 0. The highest BCUT2D eigenvalue weighted by molar-refractivity contribution is 5.19. The van der Waals surface area contributed by atoms with E-state index < -0.39 is 0 Å². The molecular formula is C12H20N4O. The van der Waals surface area contributed by atoms with Gasteiger partial charge in [0.1, 0.15) is 0 Å². The lowest BCUT2D eigenvalue weighted by Gasteiger charge is -2.21. The molecule has 1 heterocycles. The van der Waals surface area contributed by atoms with E-state index in [9.17, 15) is 0 Å². The van der Waals surface area contributed by atoms with Gasteiger partial charge in [-0.1, -0.05) is 24.4 Å². The summed E-state index contributed by atoms with van der Waals surface area (Å²) in [7, 11) is 0. The van der Waals surface area contributed by atoms with Gasteiger partial charge < -0.3 is 15.1 Å². The molecule has 0 saturated heterocycles. The van der Waals surface area contributed by atoms with Crippen LogP contribution in [0.5, 0.6) is 0 Å². The molecule has 94 valence electrons. The van der Waals surface area contributed by atoms with Crippen LogP contribution in [0.15, 0.2) is 4.42 Å². The van der Waals surface area contributed by atoms with Crippen molar-refractivity contribution >= 4 is 6.01 Å². The van der Waals surface area contributed by atoms with Crippen LogP contribution in [-0.2, 0) is 6.54 Å². The van der Waals surface area contributed by atoms with E-state index in [4.69, 9.17) is 4.42 Å². The molecule has 3 rings (SSSR count). The Labute approximate surface area is 101 Å². The Hall–Kier alpha value is -1.10.